The van der Waals surface area contributed by atoms with E-state index in [0.29, 0.717) is 47.3 Å². The maximum Gasteiger partial charge on any atom is 0.355 e. The molecule has 0 saturated heterocycles. The number of carboxylic acid groups (broad SMARTS) is 1. The molecule has 1 aliphatic heterocycles. The molecule has 9 rings (SSSR count). The molecular weight excluding hydrogens is 668 g/mol. The molecule has 2 N–H and O–H groups in total. The van der Waals surface area contributed by atoms with Gasteiger partial charge in [0.15, 0.2) is 16.7 Å². The molecule has 0 amide bonds. The summed E-state index contributed by atoms with van der Waals surface area (Å²) in [7, 11) is 1.63. The van der Waals surface area contributed by atoms with Crippen LogP contribution in [0.1, 0.15) is 77.8 Å². The first-order valence-corrected chi connectivity index (χ1v) is 18.4. The number of halogens is 1. The minimum atomic E-state index is -1.11. The molecule has 5 aliphatic rings. The zero-order valence-electron chi connectivity index (χ0n) is 29.7. The maximum absolute atomic E-state index is 13.2. The number of aromatic carboxylic acids is 1. The Balaban J connectivity index is 1.25. The molecule has 4 heterocycles. The summed E-state index contributed by atoms with van der Waals surface area (Å²) < 4.78 is 14.0. The third kappa shape index (κ3) is 5.77. The largest absolute Gasteiger partial charge is 0.497 e. The van der Waals surface area contributed by atoms with Crippen LogP contribution in [0.15, 0.2) is 30.5 Å². The van der Waals surface area contributed by atoms with Crippen LogP contribution in [0.25, 0.3) is 22.3 Å². The average Bonchev–Trinajstić information content (AvgIpc) is 3.45. The smallest absolute Gasteiger partial charge is 0.355 e. The van der Waals surface area contributed by atoms with E-state index in [2.05, 4.69) is 14.9 Å². The second-order valence-corrected chi connectivity index (χ2v) is 15.7. The lowest BCUT2D eigenvalue weighted by Gasteiger charge is -2.61. The molecule has 2 atom stereocenters. The van der Waals surface area contributed by atoms with Crippen molar-refractivity contribution in [1.29, 1.82) is 0 Å². The molecule has 4 fully saturated rings. The van der Waals surface area contributed by atoms with Crippen molar-refractivity contribution in [2.75, 3.05) is 31.8 Å². The van der Waals surface area contributed by atoms with Gasteiger partial charge in [-0.3, -0.25) is 4.68 Å². The van der Waals surface area contributed by atoms with E-state index in [4.69, 9.17) is 31.2 Å². The maximum atomic E-state index is 13.2. The minimum absolute atomic E-state index is 0.0284. The number of benzene rings is 1. The number of anilines is 2. The number of aromatic nitrogens is 5. The van der Waals surface area contributed by atoms with Crippen molar-refractivity contribution < 1.29 is 24.5 Å². The van der Waals surface area contributed by atoms with Crippen molar-refractivity contribution in [3.05, 3.63) is 63.7 Å². The SMILES string of the molecule is COc1ccc(-c2c(N3CCCc4c3nnc(Cl)c4C)nc(C(=O)O)c(-c3cnn(CC45CC6CC(C4)CC(OCCO)(C6)C5)c3C)c2C)cc1. The van der Waals surface area contributed by atoms with Crippen LogP contribution in [0.2, 0.25) is 5.15 Å². The molecule has 0 spiro atoms. The quantitative estimate of drug-likeness (QED) is 0.175. The van der Waals surface area contributed by atoms with Gasteiger partial charge in [-0.25, -0.2) is 9.78 Å². The summed E-state index contributed by atoms with van der Waals surface area (Å²) in [6.07, 6.45) is 10.1. The lowest BCUT2D eigenvalue weighted by Crippen LogP contribution is -2.58. The van der Waals surface area contributed by atoms with E-state index in [-0.39, 0.29) is 23.3 Å². The van der Waals surface area contributed by atoms with Crippen LogP contribution in [0, 0.1) is 38.0 Å². The lowest BCUT2D eigenvalue weighted by molar-refractivity contribution is -0.199. The number of hydrogen-bond donors (Lipinski definition) is 2. The Bertz CT molecular complexity index is 2000. The number of pyridine rings is 1. The molecule has 51 heavy (non-hydrogen) atoms. The molecule has 3 aromatic heterocycles. The molecule has 4 aromatic rings. The summed E-state index contributed by atoms with van der Waals surface area (Å²) in [6, 6.07) is 7.78. The Kier molecular flexibility index (Phi) is 8.59. The standard InChI is InChI=1S/C39H45ClN6O5/c1-22-29-6-5-11-45(35(29)44-43-34(22)40)36-31(27-7-9-28(50-4)10-8-27)23(2)32(33(42-36)37(48)49)30-19-41-46(24(30)3)21-38-15-25-14-26(16-38)18-39(17-25,20-38)51-13-12-47/h7-10,19,25-26,47H,5-6,11-18,20-21H2,1-4H3,(H,48,49). The fourth-order valence-electron chi connectivity index (χ4n) is 10.4. The second-order valence-electron chi connectivity index (χ2n) is 15.4. The number of ether oxygens (including phenoxy) is 2. The van der Waals surface area contributed by atoms with Gasteiger partial charge >= 0.3 is 5.97 Å². The zero-order valence-corrected chi connectivity index (χ0v) is 30.5. The van der Waals surface area contributed by atoms with Gasteiger partial charge in [0, 0.05) is 41.0 Å². The number of carbonyl (C=O) groups is 1. The molecule has 268 valence electrons. The molecule has 2 unspecified atom stereocenters. The predicted octanol–water partition coefficient (Wildman–Crippen LogP) is 7.12. The summed E-state index contributed by atoms with van der Waals surface area (Å²) >= 11 is 6.40. The van der Waals surface area contributed by atoms with E-state index < -0.39 is 5.97 Å². The van der Waals surface area contributed by atoms with Crippen molar-refractivity contribution in [2.24, 2.45) is 17.3 Å². The van der Waals surface area contributed by atoms with Gasteiger partial charge in [-0.2, -0.15) is 5.10 Å². The van der Waals surface area contributed by atoms with E-state index in [9.17, 15) is 15.0 Å². The van der Waals surface area contributed by atoms with E-state index in [1.807, 2.05) is 56.1 Å². The van der Waals surface area contributed by atoms with Gasteiger partial charge < -0.3 is 24.6 Å². The highest BCUT2D eigenvalue weighted by Gasteiger charge is 2.58. The van der Waals surface area contributed by atoms with Crippen molar-refractivity contribution in [3.63, 3.8) is 0 Å². The van der Waals surface area contributed by atoms with Gasteiger partial charge in [0.05, 0.1) is 32.1 Å². The van der Waals surface area contributed by atoms with Crippen molar-refractivity contribution in [2.45, 2.75) is 84.3 Å². The van der Waals surface area contributed by atoms with Crippen LogP contribution in [0.5, 0.6) is 5.75 Å². The summed E-state index contributed by atoms with van der Waals surface area (Å²) in [4.78, 5) is 20.2. The topological polar surface area (TPSA) is 136 Å². The van der Waals surface area contributed by atoms with Crippen LogP contribution >= 0.6 is 11.6 Å². The Morgan fingerprint density at radius 1 is 1.02 bits per heavy atom. The van der Waals surface area contributed by atoms with Crippen LogP contribution in [-0.2, 0) is 17.7 Å². The van der Waals surface area contributed by atoms with Gasteiger partial charge in [0.2, 0.25) is 0 Å². The van der Waals surface area contributed by atoms with Gasteiger partial charge in [0.25, 0.3) is 0 Å². The summed E-state index contributed by atoms with van der Waals surface area (Å²) in [6.45, 7) is 7.72. The molecular formula is C39H45ClN6O5. The predicted molar refractivity (Wildman–Crippen MR) is 194 cm³/mol. The number of aliphatic hydroxyl groups excluding tert-OH is 1. The van der Waals surface area contributed by atoms with Crippen LogP contribution in [-0.4, -0.2) is 73.6 Å². The first-order chi connectivity index (χ1) is 24.5. The highest BCUT2D eigenvalue weighted by molar-refractivity contribution is 6.30. The van der Waals surface area contributed by atoms with E-state index in [0.717, 1.165) is 96.3 Å². The van der Waals surface area contributed by atoms with Gasteiger partial charge in [-0.15, -0.1) is 10.2 Å². The number of rotatable bonds is 10. The van der Waals surface area contributed by atoms with Crippen LogP contribution in [0.4, 0.5) is 11.6 Å². The Morgan fingerprint density at radius 2 is 1.76 bits per heavy atom. The fraction of sp³-hybridized carbons (Fsp3) is 0.513. The monoisotopic (exact) mass is 712 g/mol. The van der Waals surface area contributed by atoms with Crippen molar-refractivity contribution >= 4 is 29.2 Å². The van der Waals surface area contributed by atoms with E-state index in [1.54, 1.807) is 7.11 Å². The molecule has 4 saturated carbocycles. The number of methoxy groups -OCH3 is 1. The third-order valence-electron chi connectivity index (χ3n) is 12.1. The number of nitrogens with zero attached hydrogens (tertiary/aromatic N) is 6. The minimum Gasteiger partial charge on any atom is -0.497 e. The fourth-order valence-corrected chi connectivity index (χ4v) is 10.5. The number of hydrogen-bond acceptors (Lipinski definition) is 9. The Labute approximate surface area is 303 Å². The first kappa shape index (κ1) is 34.0. The molecule has 12 heteroatoms. The molecule has 4 bridgehead atoms. The third-order valence-corrected chi connectivity index (χ3v) is 12.4. The van der Waals surface area contributed by atoms with Gasteiger partial charge in [-0.1, -0.05) is 23.7 Å². The Morgan fingerprint density at radius 3 is 2.45 bits per heavy atom. The number of aliphatic hydroxyl groups is 1. The summed E-state index contributed by atoms with van der Waals surface area (Å²) in [5, 5.41) is 34.4. The number of fused-ring (bicyclic) bond motifs is 1. The van der Waals surface area contributed by atoms with Crippen molar-refractivity contribution in [1.82, 2.24) is 25.0 Å². The van der Waals surface area contributed by atoms with Gasteiger partial charge in [0.1, 0.15) is 11.6 Å². The molecule has 4 aliphatic carbocycles. The van der Waals surface area contributed by atoms with E-state index in [1.165, 1.54) is 6.42 Å². The normalized spacial score (nSPS) is 24.9. The second kappa shape index (κ2) is 12.9. The summed E-state index contributed by atoms with van der Waals surface area (Å²) in [5.41, 5.74) is 6.45. The first-order valence-electron chi connectivity index (χ1n) is 18.0. The number of carboxylic acids is 1. The van der Waals surface area contributed by atoms with Crippen LogP contribution in [0.3, 0.4) is 0 Å². The lowest BCUT2D eigenvalue weighted by atomic mass is 9.48. The highest BCUT2D eigenvalue weighted by Crippen LogP contribution is 2.63. The Hall–Kier alpha value is -4.06. The zero-order chi connectivity index (χ0) is 35.7. The van der Waals surface area contributed by atoms with Crippen molar-refractivity contribution in [3.8, 4) is 28.0 Å². The summed E-state index contributed by atoms with van der Waals surface area (Å²) in [5.74, 6) is 2.01. The van der Waals surface area contributed by atoms with Crippen LogP contribution < -0.4 is 9.64 Å². The average molecular weight is 713 g/mol. The molecule has 11 nitrogen and oxygen atoms in total. The highest BCUT2D eigenvalue weighted by atomic mass is 35.5. The van der Waals surface area contributed by atoms with Gasteiger partial charge in [-0.05, 0) is 118 Å². The molecule has 1 aromatic carbocycles. The molecule has 0 radical (unpaired) electrons. The van der Waals surface area contributed by atoms with E-state index >= 15 is 0 Å².